The van der Waals surface area contributed by atoms with Gasteiger partial charge < -0.3 is 10.0 Å². The molecule has 29 heavy (non-hydrogen) atoms. The quantitative estimate of drug-likeness (QED) is 0.667. The normalized spacial score (nSPS) is 20.9. The van der Waals surface area contributed by atoms with Gasteiger partial charge in [-0.15, -0.1) is 11.3 Å². The lowest BCUT2D eigenvalue weighted by molar-refractivity contribution is 0.188. The van der Waals surface area contributed by atoms with E-state index >= 15 is 0 Å². The highest BCUT2D eigenvalue weighted by Crippen LogP contribution is 2.47. The minimum absolute atomic E-state index is 0.0688. The summed E-state index contributed by atoms with van der Waals surface area (Å²) in [7, 11) is 0. The third kappa shape index (κ3) is 3.31. The summed E-state index contributed by atoms with van der Waals surface area (Å²) in [5, 5.41) is 20.9. The molecule has 0 radical (unpaired) electrons. The third-order valence-corrected chi connectivity index (χ3v) is 6.67. The lowest BCUT2D eigenvalue weighted by Crippen LogP contribution is -2.63. The number of benzene rings is 2. The Hall–Kier alpha value is -2.75. The minimum Gasteiger partial charge on any atom is -0.394 e. The second-order valence-electron chi connectivity index (χ2n) is 7.20. The molecule has 148 valence electrons. The Bertz CT molecular complexity index is 1060. The molecule has 6 heteroatoms. The van der Waals surface area contributed by atoms with Crippen LogP contribution in [0, 0.1) is 24.1 Å². The van der Waals surface area contributed by atoms with E-state index in [2.05, 4.69) is 13.0 Å². The Morgan fingerprint density at radius 3 is 2.55 bits per heavy atom. The van der Waals surface area contributed by atoms with Crippen LogP contribution in [0.2, 0.25) is 0 Å². The number of aryl methyl sites for hydroxylation is 2. The number of hydrogen-bond donors (Lipinski definition) is 1. The summed E-state index contributed by atoms with van der Waals surface area (Å²) >= 11 is 1.57. The van der Waals surface area contributed by atoms with Crippen LogP contribution in [-0.4, -0.2) is 28.8 Å². The molecule has 2 aromatic carbocycles. The molecule has 0 aliphatic carbocycles. The van der Waals surface area contributed by atoms with E-state index in [0.29, 0.717) is 0 Å². The van der Waals surface area contributed by atoms with Gasteiger partial charge in [-0.05, 0) is 42.2 Å². The van der Waals surface area contributed by atoms with Crippen molar-refractivity contribution in [3.8, 4) is 17.2 Å². The molecule has 0 bridgehead atoms. The number of nitriles is 1. The van der Waals surface area contributed by atoms with Gasteiger partial charge in [-0.25, -0.2) is 9.37 Å². The second kappa shape index (κ2) is 7.94. The lowest BCUT2D eigenvalue weighted by atomic mass is 9.74. The van der Waals surface area contributed by atoms with E-state index in [0.717, 1.165) is 38.8 Å². The van der Waals surface area contributed by atoms with Crippen molar-refractivity contribution in [3.05, 3.63) is 70.5 Å². The topological polar surface area (TPSA) is 60.2 Å². The number of anilines is 1. The molecule has 1 saturated heterocycles. The van der Waals surface area contributed by atoms with Crippen LogP contribution in [0.3, 0.4) is 0 Å². The summed E-state index contributed by atoms with van der Waals surface area (Å²) in [6.45, 7) is 4.03. The fraction of sp³-hybridized carbons (Fsp3) is 0.304. The number of halogens is 1. The number of aliphatic hydroxyl groups is 1. The van der Waals surface area contributed by atoms with Crippen molar-refractivity contribution in [1.82, 2.24) is 4.98 Å². The second-order valence-corrected chi connectivity index (χ2v) is 8.39. The van der Waals surface area contributed by atoms with Crippen LogP contribution >= 0.6 is 11.3 Å². The minimum atomic E-state index is -0.413. The van der Waals surface area contributed by atoms with Crippen LogP contribution in [-0.2, 0) is 6.42 Å². The van der Waals surface area contributed by atoms with Gasteiger partial charge in [0.1, 0.15) is 11.9 Å². The average Bonchev–Trinajstić information content (AvgIpc) is 3.09. The van der Waals surface area contributed by atoms with Gasteiger partial charge in [-0.1, -0.05) is 43.3 Å². The maximum absolute atomic E-state index is 13.4. The Labute approximate surface area is 173 Å². The first-order valence-electron chi connectivity index (χ1n) is 9.69. The third-order valence-electron chi connectivity index (χ3n) is 5.64. The van der Waals surface area contributed by atoms with E-state index in [1.807, 2.05) is 36.1 Å². The molecule has 0 saturated carbocycles. The van der Waals surface area contributed by atoms with Gasteiger partial charge in [-0.3, -0.25) is 0 Å². The molecule has 0 unspecified atom stereocenters. The van der Waals surface area contributed by atoms with E-state index in [-0.39, 0.29) is 24.4 Å². The molecular formula is C23H22FN3OS. The monoisotopic (exact) mass is 407 g/mol. The van der Waals surface area contributed by atoms with Gasteiger partial charge in [0, 0.05) is 10.8 Å². The first-order chi connectivity index (χ1) is 14.1. The molecule has 0 amide bonds. The first-order valence-corrected chi connectivity index (χ1v) is 10.5. The number of aliphatic hydroxyl groups excluding tert-OH is 1. The largest absolute Gasteiger partial charge is 0.394 e. The van der Waals surface area contributed by atoms with Crippen molar-refractivity contribution in [2.75, 3.05) is 11.5 Å². The molecule has 3 atom stereocenters. The predicted octanol–water partition coefficient (Wildman–Crippen LogP) is 4.68. The van der Waals surface area contributed by atoms with E-state index < -0.39 is 6.04 Å². The number of aromatic nitrogens is 1. The van der Waals surface area contributed by atoms with Gasteiger partial charge in [0.15, 0.2) is 5.13 Å². The molecular weight excluding hydrogens is 385 g/mol. The SMILES string of the molecule is CCc1nc(N2[C@H](C#N)[C@@H](c3ccccc3-c3ccc(F)cc3)[C@@H]2CO)sc1C. The molecule has 1 N–H and O–H groups in total. The summed E-state index contributed by atoms with van der Waals surface area (Å²) in [6.07, 6.45) is 0.841. The van der Waals surface area contributed by atoms with Crippen LogP contribution < -0.4 is 4.90 Å². The lowest BCUT2D eigenvalue weighted by Gasteiger charge is -2.52. The molecule has 0 spiro atoms. The molecule has 1 aliphatic heterocycles. The number of hydrogen-bond acceptors (Lipinski definition) is 5. The highest BCUT2D eigenvalue weighted by Gasteiger charge is 2.51. The van der Waals surface area contributed by atoms with Gasteiger partial charge in [0.2, 0.25) is 0 Å². The molecule has 2 heterocycles. The molecule has 1 fully saturated rings. The van der Waals surface area contributed by atoms with Gasteiger partial charge in [0.25, 0.3) is 0 Å². The smallest absolute Gasteiger partial charge is 0.187 e. The predicted molar refractivity (Wildman–Crippen MR) is 114 cm³/mol. The summed E-state index contributed by atoms with van der Waals surface area (Å²) in [5.41, 5.74) is 3.88. The number of nitrogens with zero attached hydrogens (tertiary/aromatic N) is 3. The van der Waals surface area contributed by atoms with Gasteiger partial charge in [-0.2, -0.15) is 5.26 Å². The Morgan fingerprint density at radius 1 is 1.21 bits per heavy atom. The number of thiazole rings is 1. The summed E-state index contributed by atoms with van der Waals surface area (Å²) in [6, 6.07) is 16.0. The summed E-state index contributed by atoms with van der Waals surface area (Å²) < 4.78 is 13.4. The number of rotatable bonds is 5. The zero-order valence-electron chi connectivity index (χ0n) is 16.3. The van der Waals surface area contributed by atoms with Crippen molar-refractivity contribution >= 4 is 16.5 Å². The molecule has 4 nitrogen and oxygen atoms in total. The van der Waals surface area contributed by atoms with E-state index in [1.54, 1.807) is 23.5 Å². The highest BCUT2D eigenvalue weighted by atomic mass is 32.1. The van der Waals surface area contributed by atoms with Crippen molar-refractivity contribution in [2.24, 2.45) is 0 Å². The summed E-state index contributed by atoms with van der Waals surface area (Å²) in [4.78, 5) is 7.80. The molecule has 3 aromatic rings. The van der Waals surface area contributed by atoms with Crippen molar-refractivity contribution < 1.29 is 9.50 Å². The fourth-order valence-corrected chi connectivity index (χ4v) is 5.27. The van der Waals surface area contributed by atoms with Crippen LogP contribution in [0.1, 0.15) is 29.0 Å². The van der Waals surface area contributed by atoms with Crippen molar-refractivity contribution in [3.63, 3.8) is 0 Å². The first kappa shape index (κ1) is 19.6. The maximum atomic E-state index is 13.4. The summed E-state index contributed by atoms with van der Waals surface area (Å²) in [5.74, 6) is -0.435. The van der Waals surface area contributed by atoms with Crippen molar-refractivity contribution in [2.45, 2.75) is 38.3 Å². The van der Waals surface area contributed by atoms with Gasteiger partial charge in [0.05, 0.1) is 24.4 Å². The fourth-order valence-electron chi connectivity index (χ4n) is 4.17. The Morgan fingerprint density at radius 2 is 1.93 bits per heavy atom. The van der Waals surface area contributed by atoms with Crippen LogP contribution in [0.25, 0.3) is 11.1 Å². The standard InChI is InChI=1S/C23H22FN3OS/c1-3-19-14(2)29-23(26-19)27-20(12-25)22(21(27)13-28)18-7-5-4-6-17(18)15-8-10-16(24)11-9-15/h4-11,20-22,28H,3,13H2,1-2H3/t20-,21+,22-/m1/s1. The molecule has 4 rings (SSSR count). The van der Waals surface area contributed by atoms with Crippen LogP contribution in [0.4, 0.5) is 9.52 Å². The van der Waals surface area contributed by atoms with Crippen LogP contribution in [0.5, 0.6) is 0 Å². The average molecular weight is 408 g/mol. The zero-order valence-corrected chi connectivity index (χ0v) is 17.2. The van der Waals surface area contributed by atoms with Crippen molar-refractivity contribution in [1.29, 1.82) is 5.26 Å². The van der Waals surface area contributed by atoms with E-state index in [9.17, 15) is 14.8 Å². The van der Waals surface area contributed by atoms with Gasteiger partial charge >= 0.3 is 0 Å². The molecule has 1 aliphatic rings. The Kier molecular flexibility index (Phi) is 5.35. The Balaban J connectivity index is 1.74. The molecule has 1 aromatic heterocycles. The van der Waals surface area contributed by atoms with E-state index in [1.165, 1.54) is 12.1 Å². The van der Waals surface area contributed by atoms with E-state index in [4.69, 9.17) is 4.98 Å². The highest BCUT2D eigenvalue weighted by molar-refractivity contribution is 7.15. The van der Waals surface area contributed by atoms with Crippen LogP contribution in [0.15, 0.2) is 48.5 Å². The maximum Gasteiger partial charge on any atom is 0.187 e. The zero-order chi connectivity index (χ0) is 20.5.